The van der Waals surface area contributed by atoms with Crippen LogP contribution in [0.1, 0.15) is 24.3 Å². The van der Waals surface area contributed by atoms with Crippen LogP contribution >= 0.6 is 11.6 Å². The Kier molecular flexibility index (Phi) is 4.14. The number of aliphatic carboxylic acids is 1. The van der Waals surface area contributed by atoms with Crippen LogP contribution in [0.4, 0.5) is 0 Å². The molecule has 1 amide bonds. The van der Waals surface area contributed by atoms with E-state index in [2.05, 4.69) is 10.3 Å². The number of pyridine rings is 1. The zero-order chi connectivity index (χ0) is 15.6. The number of fused-ring (bicyclic) bond motifs is 1. The molecule has 1 aromatic heterocycles. The quantitative estimate of drug-likeness (QED) is 0.910. The van der Waals surface area contributed by atoms with Crippen molar-refractivity contribution in [2.75, 3.05) is 6.54 Å². The number of nitrogens with one attached hydrogen (secondary N) is 1. The first-order chi connectivity index (χ1) is 9.79. The third-order valence-corrected chi connectivity index (χ3v) is 3.39. The number of benzene rings is 1. The summed E-state index contributed by atoms with van der Waals surface area (Å²) in [5, 5.41) is 13.0. The van der Waals surface area contributed by atoms with E-state index in [1.165, 1.54) is 0 Å². The van der Waals surface area contributed by atoms with Gasteiger partial charge in [0.25, 0.3) is 5.91 Å². The molecule has 0 aliphatic heterocycles. The van der Waals surface area contributed by atoms with E-state index in [1.54, 1.807) is 38.1 Å². The Labute approximate surface area is 126 Å². The summed E-state index contributed by atoms with van der Waals surface area (Å²) in [7, 11) is 0. The first kappa shape index (κ1) is 15.3. The number of rotatable bonds is 4. The first-order valence-electron chi connectivity index (χ1n) is 6.37. The summed E-state index contributed by atoms with van der Waals surface area (Å²) in [6.07, 6.45) is 0. The number of amides is 1. The minimum Gasteiger partial charge on any atom is -0.481 e. The Bertz CT molecular complexity index is 713. The predicted octanol–water partition coefficient (Wildman–Crippen LogP) is 2.73. The highest BCUT2D eigenvalue weighted by atomic mass is 35.5. The van der Waals surface area contributed by atoms with E-state index in [9.17, 15) is 9.59 Å². The van der Waals surface area contributed by atoms with Gasteiger partial charge in [-0.25, -0.2) is 4.98 Å². The normalized spacial score (nSPS) is 11.4. The molecule has 21 heavy (non-hydrogen) atoms. The lowest BCUT2D eigenvalue weighted by molar-refractivity contribution is -0.146. The smallest absolute Gasteiger partial charge is 0.310 e. The van der Waals surface area contributed by atoms with Gasteiger partial charge in [-0.15, -0.1) is 0 Å². The van der Waals surface area contributed by atoms with Crippen molar-refractivity contribution in [2.24, 2.45) is 5.41 Å². The summed E-state index contributed by atoms with van der Waals surface area (Å²) < 4.78 is 0. The Morgan fingerprint density at radius 3 is 2.62 bits per heavy atom. The van der Waals surface area contributed by atoms with Crippen LogP contribution < -0.4 is 5.32 Å². The number of aromatic nitrogens is 1. The van der Waals surface area contributed by atoms with Crippen molar-refractivity contribution >= 4 is 34.4 Å². The van der Waals surface area contributed by atoms with Gasteiger partial charge in [-0.05, 0) is 32.0 Å². The van der Waals surface area contributed by atoms with Gasteiger partial charge in [0, 0.05) is 17.0 Å². The van der Waals surface area contributed by atoms with Crippen LogP contribution in [0.5, 0.6) is 0 Å². The van der Waals surface area contributed by atoms with Gasteiger partial charge in [-0.3, -0.25) is 9.59 Å². The molecule has 2 aromatic rings. The summed E-state index contributed by atoms with van der Waals surface area (Å²) in [5.74, 6) is -1.38. The van der Waals surface area contributed by atoms with Crippen molar-refractivity contribution < 1.29 is 14.7 Å². The fraction of sp³-hybridized carbons (Fsp3) is 0.267. The lowest BCUT2D eigenvalue weighted by Gasteiger charge is -2.19. The summed E-state index contributed by atoms with van der Waals surface area (Å²) in [6, 6.07) is 8.62. The molecule has 2 N–H and O–H groups in total. The molecule has 2 rings (SSSR count). The molecule has 110 valence electrons. The Morgan fingerprint density at radius 1 is 1.29 bits per heavy atom. The van der Waals surface area contributed by atoms with E-state index in [1.807, 2.05) is 6.07 Å². The van der Waals surface area contributed by atoms with Crippen molar-refractivity contribution in [1.82, 2.24) is 10.3 Å². The highest BCUT2D eigenvalue weighted by Crippen LogP contribution is 2.18. The van der Waals surface area contributed by atoms with E-state index < -0.39 is 17.3 Å². The number of carbonyl (C=O) groups excluding carboxylic acids is 1. The minimum absolute atomic E-state index is 0.0242. The summed E-state index contributed by atoms with van der Waals surface area (Å²) >= 11 is 5.90. The van der Waals surface area contributed by atoms with Crippen LogP contribution in [0.25, 0.3) is 10.9 Å². The van der Waals surface area contributed by atoms with Gasteiger partial charge >= 0.3 is 5.97 Å². The number of hydrogen-bond donors (Lipinski definition) is 2. The van der Waals surface area contributed by atoms with Gasteiger partial charge in [0.05, 0.1) is 10.9 Å². The van der Waals surface area contributed by atoms with Crippen LogP contribution in [-0.2, 0) is 4.79 Å². The number of carboxylic acid groups (broad SMARTS) is 1. The molecule has 0 unspecified atom stereocenters. The van der Waals surface area contributed by atoms with Gasteiger partial charge < -0.3 is 10.4 Å². The lowest BCUT2D eigenvalue weighted by atomic mass is 9.94. The van der Waals surface area contributed by atoms with Gasteiger partial charge in [-0.2, -0.15) is 0 Å². The fourth-order valence-electron chi connectivity index (χ4n) is 1.68. The highest BCUT2D eigenvalue weighted by Gasteiger charge is 2.27. The number of carboxylic acids is 1. The second-order valence-electron chi connectivity index (χ2n) is 5.41. The molecule has 0 spiro atoms. The van der Waals surface area contributed by atoms with Gasteiger partial charge in [-0.1, -0.05) is 23.7 Å². The van der Waals surface area contributed by atoms with Crippen LogP contribution in [0.15, 0.2) is 30.3 Å². The molecule has 1 heterocycles. The summed E-state index contributed by atoms with van der Waals surface area (Å²) in [5.41, 5.74) is -0.186. The molecule has 6 heteroatoms. The predicted molar refractivity (Wildman–Crippen MR) is 80.5 cm³/mol. The number of hydrogen-bond acceptors (Lipinski definition) is 3. The van der Waals surface area contributed by atoms with Crippen LogP contribution in [0.3, 0.4) is 0 Å². The summed E-state index contributed by atoms with van der Waals surface area (Å²) in [6.45, 7) is 3.11. The highest BCUT2D eigenvalue weighted by molar-refractivity contribution is 6.31. The SMILES string of the molecule is CC(C)(CNC(=O)c1ccc2ccc(Cl)cc2n1)C(=O)O. The van der Waals surface area contributed by atoms with Crippen LogP contribution in [0, 0.1) is 5.41 Å². The molecule has 0 fully saturated rings. The second kappa shape index (κ2) is 5.69. The van der Waals surface area contributed by atoms with Crippen molar-refractivity contribution in [3.8, 4) is 0 Å². The minimum atomic E-state index is -1.03. The average Bonchev–Trinajstić information content (AvgIpc) is 2.43. The molecule has 0 aliphatic rings. The number of halogens is 1. The maximum atomic E-state index is 12.0. The maximum absolute atomic E-state index is 12.0. The Hall–Kier alpha value is -2.14. The molecule has 0 atom stereocenters. The molecule has 5 nitrogen and oxygen atoms in total. The summed E-state index contributed by atoms with van der Waals surface area (Å²) in [4.78, 5) is 27.3. The van der Waals surface area contributed by atoms with Gasteiger partial charge in [0.2, 0.25) is 0 Å². The Balaban J connectivity index is 2.18. The van der Waals surface area contributed by atoms with Gasteiger partial charge in [0.15, 0.2) is 0 Å². The Morgan fingerprint density at radius 2 is 1.95 bits per heavy atom. The topological polar surface area (TPSA) is 79.3 Å². The zero-order valence-corrected chi connectivity index (χ0v) is 12.4. The number of nitrogens with zero attached hydrogens (tertiary/aromatic N) is 1. The number of carbonyl (C=O) groups is 2. The van der Waals surface area contributed by atoms with E-state index in [4.69, 9.17) is 16.7 Å². The molecule has 0 aliphatic carbocycles. The molecular weight excluding hydrogens is 292 g/mol. The third kappa shape index (κ3) is 3.49. The van der Waals surface area contributed by atoms with E-state index in [0.29, 0.717) is 10.5 Å². The van der Waals surface area contributed by atoms with Gasteiger partial charge in [0.1, 0.15) is 5.69 Å². The standard InChI is InChI=1S/C15H15ClN2O3/c1-15(2,14(20)21)8-17-13(19)11-6-4-9-3-5-10(16)7-12(9)18-11/h3-7H,8H2,1-2H3,(H,17,19)(H,20,21). The van der Waals surface area contributed by atoms with E-state index in [-0.39, 0.29) is 12.2 Å². The monoisotopic (exact) mass is 306 g/mol. The largest absolute Gasteiger partial charge is 0.481 e. The average molecular weight is 307 g/mol. The molecular formula is C15H15ClN2O3. The second-order valence-corrected chi connectivity index (χ2v) is 5.84. The van der Waals surface area contributed by atoms with Crippen molar-refractivity contribution in [2.45, 2.75) is 13.8 Å². The lowest BCUT2D eigenvalue weighted by Crippen LogP contribution is -2.39. The third-order valence-electron chi connectivity index (χ3n) is 3.16. The zero-order valence-electron chi connectivity index (χ0n) is 11.7. The maximum Gasteiger partial charge on any atom is 0.310 e. The van der Waals surface area contributed by atoms with Crippen molar-refractivity contribution in [1.29, 1.82) is 0 Å². The fourth-order valence-corrected chi connectivity index (χ4v) is 1.85. The van der Waals surface area contributed by atoms with Crippen LogP contribution in [-0.4, -0.2) is 28.5 Å². The van der Waals surface area contributed by atoms with E-state index in [0.717, 1.165) is 5.39 Å². The van der Waals surface area contributed by atoms with Crippen LogP contribution in [0.2, 0.25) is 5.02 Å². The molecule has 1 aromatic carbocycles. The van der Waals surface area contributed by atoms with E-state index >= 15 is 0 Å². The van der Waals surface area contributed by atoms with Crippen molar-refractivity contribution in [3.05, 3.63) is 41.0 Å². The van der Waals surface area contributed by atoms with Crippen molar-refractivity contribution in [3.63, 3.8) is 0 Å². The molecule has 0 saturated carbocycles. The molecule has 0 saturated heterocycles. The molecule has 0 radical (unpaired) electrons. The molecule has 0 bridgehead atoms. The first-order valence-corrected chi connectivity index (χ1v) is 6.75.